The average molecular weight is 611 g/mol. The zero-order valence-corrected chi connectivity index (χ0v) is 23.6. The molecule has 0 aliphatic carbocycles. The van der Waals surface area contributed by atoms with Crippen LogP contribution in [0.5, 0.6) is 11.5 Å². The van der Waals surface area contributed by atoms with Crippen LogP contribution in [-0.2, 0) is 19.4 Å². The molecular weight excluding hydrogens is 581 g/mol. The van der Waals surface area contributed by atoms with Crippen molar-refractivity contribution in [3.63, 3.8) is 0 Å². The van der Waals surface area contributed by atoms with Gasteiger partial charge in [-0.3, -0.25) is 4.79 Å². The number of carbonyl (C=O) groups is 1. The molecule has 1 saturated heterocycles. The number of ether oxygens (including phenoxy) is 2. The number of piperidine rings is 1. The molecule has 1 unspecified atom stereocenters. The number of benzene rings is 2. The molecule has 0 radical (unpaired) electrons. The SMILES string of the molecule is COC(O)CNC(=O)C1(S(=O)(=O)c2ccc(Oc3ccc(-n4cncn4)cc3)cc2)CCNCC1.Cl.Cl.Cl. The van der Waals surface area contributed by atoms with Crippen molar-refractivity contribution in [3.8, 4) is 17.2 Å². The number of aromatic nitrogens is 3. The van der Waals surface area contributed by atoms with Gasteiger partial charge in [0.1, 0.15) is 24.2 Å². The van der Waals surface area contributed by atoms with Gasteiger partial charge in [-0.25, -0.2) is 18.1 Å². The summed E-state index contributed by atoms with van der Waals surface area (Å²) in [6.07, 6.45) is 2.04. The van der Waals surface area contributed by atoms with Gasteiger partial charge in [-0.15, -0.1) is 37.2 Å². The molecule has 0 saturated carbocycles. The standard InChI is InChI=1S/C23H27N5O6S.3ClH/c1-33-21(29)14-26-22(30)23(10-12-24-13-11-23)35(31,32)20-8-6-19(7-9-20)34-18-4-2-17(3-5-18)28-16-25-15-27-28;;;/h2-9,15-16,21,24,29H,10-14H2,1H3,(H,26,30);3*1H. The quantitative estimate of drug-likeness (QED) is 0.311. The van der Waals surface area contributed by atoms with Crippen LogP contribution in [0, 0.1) is 0 Å². The number of rotatable bonds is 9. The summed E-state index contributed by atoms with van der Waals surface area (Å²) in [5.74, 6) is 0.364. The molecule has 2 aromatic carbocycles. The van der Waals surface area contributed by atoms with Crippen molar-refractivity contribution < 1.29 is 27.8 Å². The highest BCUT2D eigenvalue weighted by Crippen LogP contribution is 2.35. The molecule has 0 bridgehead atoms. The summed E-state index contributed by atoms with van der Waals surface area (Å²) >= 11 is 0. The number of aliphatic hydroxyl groups excluding tert-OH is 1. The van der Waals surface area contributed by atoms with E-state index in [1.165, 1.54) is 25.6 Å². The number of hydrogen-bond acceptors (Lipinski definition) is 9. The summed E-state index contributed by atoms with van der Waals surface area (Å²) in [5.41, 5.74) is 0.819. The number of sulfone groups is 1. The molecule has 1 aliphatic rings. The zero-order valence-electron chi connectivity index (χ0n) is 20.3. The van der Waals surface area contributed by atoms with Crippen LogP contribution in [0.2, 0.25) is 0 Å². The van der Waals surface area contributed by atoms with Crippen molar-refractivity contribution in [2.45, 2.75) is 28.8 Å². The number of aliphatic hydroxyl groups is 1. The molecule has 4 rings (SSSR count). The van der Waals surface area contributed by atoms with Crippen LogP contribution in [0.15, 0.2) is 66.1 Å². The van der Waals surface area contributed by atoms with Crippen LogP contribution >= 0.6 is 37.2 Å². The number of amides is 1. The maximum absolute atomic E-state index is 13.6. The highest BCUT2D eigenvalue weighted by atomic mass is 35.5. The Kier molecular flexibility index (Phi) is 12.9. The number of nitrogens with one attached hydrogen (secondary N) is 2. The lowest BCUT2D eigenvalue weighted by Gasteiger charge is -2.35. The number of methoxy groups -OCH3 is 1. The molecule has 1 fully saturated rings. The Hall–Kier alpha value is -2.45. The summed E-state index contributed by atoms with van der Waals surface area (Å²) in [4.78, 5) is 17.0. The van der Waals surface area contributed by atoms with Crippen LogP contribution in [0.4, 0.5) is 0 Å². The van der Waals surface area contributed by atoms with E-state index in [1.807, 2.05) is 12.1 Å². The molecule has 3 N–H and O–H groups in total. The second kappa shape index (κ2) is 14.6. The molecule has 15 heteroatoms. The van der Waals surface area contributed by atoms with Gasteiger partial charge in [-0.2, -0.15) is 5.10 Å². The Morgan fingerprint density at radius 1 is 1.08 bits per heavy atom. The van der Waals surface area contributed by atoms with Crippen molar-refractivity contribution in [2.75, 3.05) is 26.7 Å². The first kappa shape index (κ1) is 33.6. The van der Waals surface area contributed by atoms with E-state index in [2.05, 4.69) is 20.7 Å². The van der Waals surface area contributed by atoms with Crippen LogP contribution < -0.4 is 15.4 Å². The van der Waals surface area contributed by atoms with E-state index in [0.29, 0.717) is 24.6 Å². The minimum atomic E-state index is -4.04. The summed E-state index contributed by atoms with van der Waals surface area (Å²) in [5, 5.41) is 19.3. The molecule has 3 aromatic rings. The third-order valence-corrected chi connectivity index (χ3v) is 8.45. The molecule has 1 aromatic heterocycles. The minimum Gasteiger partial charge on any atom is -0.457 e. The smallest absolute Gasteiger partial charge is 0.242 e. The Labute approximate surface area is 239 Å². The van der Waals surface area contributed by atoms with Crippen LogP contribution in [0.3, 0.4) is 0 Å². The third-order valence-electron chi connectivity index (χ3n) is 5.94. The fourth-order valence-corrected chi connectivity index (χ4v) is 5.93. The van der Waals surface area contributed by atoms with Gasteiger partial charge in [0, 0.05) is 7.11 Å². The highest BCUT2D eigenvalue weighted by molar-refractivity contribution is 7.93. The van der Waals surface area contributed by atoms with Gasteiger partial charge in [0.25, 0.3) is 0 Å². The fourth-order valence-electron chi connectivity index (χ4n) is 3.93. The van der Waals surface area contributed by atoms with Gasteiger partial charge in [-0.1, -0.05) is 0 Å². The van der Waals surface area contributed by atoms with E-state index in [-0.39, 0.29) is 61.5 Å². The summed E-state index contributed by atoms with van der Waals surface area (Å²) in [6.45, 7) is 0.555. The first-order valence-electron chi connectivity index (χ1n) is 11.0. The molecule has 11 nitrogen and oxygen atoms in total. The van der Waals surface area contributed by atoms with Gasteiger partial charge in [0.05, 0.1) is 17.1 Å². The minimum absolute atomic E-state index is 0. The number of halogens is 3. The number of hydrogen-bond donors (Lipinski definition) is 3. The monoisotopic (exact) mass is 609 g/mol. The highest BCUT2D eigenvalue weighted by Gasteiger charge is 2.51. The van der Waals surface area contributed by atoms with Gasteiger partial charge >= 0.3 is 0 Å². The molecule has 38 heavy (non-hydrogen) atoms. The summed E-state index contributed by atoms with van der Waals surface area (Å²) in [7, 11) is -2.75. The maximum atomic E-state index is 13.6. The second-order valence-electron chi connectivity index (χ2n) is 8.06. The predicted octanol–water partition coefficient (Wildman–Crippen LogP) is 2.30. The van der Waals surface area contributed by atoms with E-state index in [4.69, 9.17) is 9.47 Å². The van der Waals surface area contributed by atoms with E-state index >= 15 is 0 Å². The Morgan fingerprint density at radius 2 is 1.66 bits per heavy atom. The average Bonchev–Trinajstić information content (AvgIpc) is 3.43. The largest absolute Gasteiger partial charge is 0.457 e. The normalized spacial score (nSPS) is 15.1. The summed E-state index contributed by atoms with van der Waals surface area (Å²) in [6, 6.07) is 13.2. The van der Waals surface area contributed by atoms with Gasteiger partial charge in [-0.05, 0) is 74.5 Å². The first-order valence-corrected chi connectivity index (χ1v) is 12.5. The van der Waals surface area contributed by atoms with Crippen LogP contribution in [0.1, 0.15) is 12.8 Å². The lowest BCUT2D eigenvalue weighted by molar-refractivity contribution is -0.127. The van der Waals surface area contributed by atoms with E-state index in [0.717, 1.165) is 5.69 Å². The Morgan fingerprint density at radius 3 is 2.18 bits per heavy atom. The van der Waals surface area contributed by atoms with Gasteiger partial charge in [0.15, 0.2) is 20.9 Å². The molecule has 1 aliphatic heterocycles. The lowest BCUT2D eigenvalue weighted by Crippen LogP contribution is -2.58. The molecule has 1 atom stereocenters. The van der Waals surface area contributed by atoms with Crippen LogP contribution in [-0.4, -0.2) is 72.0 Å². The zero-order chi connectivity index (χ0) is 24.9. The van der Waals surface area contributed by atoms with E-state index in [1.54, 1.807) is 35.3 Å². The Bertz CT molecular complexity index is 1240. The fraction of sp³-hybridized carbons (Fsp3) is 0.348. The molecule has 0 spiro atoms. The van der Waals surface area contributed by atoms with E-state index in [9.17, 15) is 18.3 Å². The second-order valence-corrected chi connectivity index (χ2v) is 10.3. The van der Waals surface area contributed by atoms with Gasteiger partial charge < -0.3 is 25.2 Å². The number of nitrogens with zero attached hydrogens (tertiary/aromatic N) is 3. The predicted molar refractivity (Wildman–Crippen MR) is 148 cm³/mol. The first-order chi connectivity index (χ1) is 16.9. The Balaban J connectivity index is 0.00000241. The molecule has 2 heterocycles. The maximum Gasteiger partial charge on any atom is 0.242 e. The van der Waals surface area contributed by atoms with E-state index < -0.39 is 26.8 Å². The molecular formula is C23H30Cl3N5O6S. The van der Waals surface area contributed by atoms with Crippen molar-refractivity contribution >= 4 is 53.0 Å². The van der Waals surface area contributed by atoms with Crippen molar-refractivity contribution in [2.24, 2.45) is 0 Å². The topological polar surface area (TPSA) is 145 Å². The van der Waals surface area contributed by atoms with Crippen molar-refractivity contribution in [3.05, 3.63) is 61.2 Å². The lowest BCUT2D eigenvalue weighted by atomic mass is 9.96. The van der Waals surface area contributed by atoms with Crippen LogP contribution in [0.25, 0.3) is 5.69 Å². The number of carbonyl (C=O) groups excluding carboxylic acids is 1. The molecule has 1 amide bonds. The van der Waals surface area contributed by atoms with Crippen molar-refractivity contribution in [1.82, 2.24) is 25.4 Å². The van der Waals surface area contributed by atoms with Gasteiger partial charge in [0.2, 0.25) is 5.91 Å². The molecule has 210 valence electrons. The summed E-state index contributed by atoms with van der Waals surface area (Å²) < 4.78 is 37.8. The van der Waals surface area contributed by atoms with Crippen molar-refractivity contribution in [1.29, 1.82) is 0 Å². The third kappa shape index (κ3) is 7.14.